The Morgan fingerprint density at radius 2 is 2.11 bits per heavy atom. The first-order chi connectivity index (χ1) is 8.27. The van der Waals surface area contributed by atoms with E-state index >= 15 is 0 Å². The first-order valence-electron chi connectivity index (χ1n) is 6.05. The molecule has 0 saturated carbocycles. The van der Waals surface area contributed by atoms with Crippen LogP contribution in [0.15, 0.2) is 18.2 Å². The summed E-state index contributed by atoms with van der Waals surface area (Å²) in [5.41, 5.74) is 6.28. The van der Waals surface area contributed by atoms with Crippen molar-refractivity contribution in [3.05, 3.63) is 35.1 Å². The van der Waals surface area contributed by atoms with E-state index in [4.69, 9.17) is 5.73 Å². The van der Waals surface area contributed by atoms with Gasteiger partial charge in [-0.1, -0.05) is 12.1 Å². The van der Waals surface area contributed by atoms with Gasteiger partial charge in [0.2, 0.25) is 5.91 Å². The van der Waals surface area contributed by atoms with Crippen molar-refractivity contribution in [2.24, 2.45) is 11.1 Å². The monoisotopic (exact) mass is 252 g/mol. The highest BCUT2D eigenvalue weighted by Crippen LogP contribution is 2.19. The summed E-state index contributed by atoms with van der Waals surface area (Å²) in [5.74, 6) is -0.384. The van der Waals surface area contributed by atoms with Gasteiger partial charge in [-0.05, 0) is 44.9 Å². The minimum atomic E-state index is -0.614. The van der Waals surface area contributed by atoms with Crippen molar-refractivity contribution in [2.75, 3.05) is 6.54 Å². The van der Waals surface area contributed by atoms with Gasteiger partial charge >= 0.3 is 0 Å². The number of rotatable bonds is 4. The van der Waals surface area contributed by atoms with Gasteiger partial charge in [0, 0.05) is 6.54 Å². The maximum absolute atomic E-state index is 13.4. The number of halogens is 1. The van der Waals surface area contributed by atoms with Crippen LogP contribution in [0.1, 0.15) is 37.9 Å². The molecular formula is C14H21FN2O. The van der Waals surface area contributed by atoms with E-state index in [1.807, 2.05) is 13.0 Å². The van der Waals surface area contributed by atoms with Crippen LogP contribution < -0.4 is 11.1 Å². The van der Waals surface area contributed by atoms with Crippen LogP contribution in [0.3, 0.4) is 0 Å². The number of carbonyl (C=O) groups excluding carboxylic acids is 1. The van der Waals surface area contributed by atoms with Crippen LogP contribution in [0.2, 0.25) is 0 Å². The lowest BCUT2D eigenvalue weighted by molar-refractivity contribution is -0.129. The average molecular weight is 252 g/mol. The molecule has 0 spiro atoms. The minimum absolute atomic E-state index is 0.126. The molecule has 1 atom stereocenters. The van der Waals surface area contributed by atoms with Crippen LogP contribution in [0.4, 0.5) is 4.39 Å². The Morgan fingerprint density at radius 1 is 1.50 bits per heavy atom. The molecule has 0 saturated heterocycles. The molecule has 0 fully saturated rings. The van der Waals surface area contributed by atoms with Gasteiger partial charge < -0.3 is 11.1 Å². The molecule has 0 bridgehead atoms. The Kier molecular flexibility index (Phi) is 4.46. The molecule has 0 aliphatic heterocycles. The molecule has 0 aliphatic rings. The van der Waals surface area contributed by atoms with Gasteiger partial charge in [-0.3, -0.25) is 4.79 Å². The van der Waals surface area contributed by atoms with Crippen LogP contribution in [-0.2, 0) is 4.79 Å². The molecule has 4 heteroatoms. The third-order valence-corrected chi connectivity index (χ3v) is 3.17. The molecule has 1 aromatic rings. The molecule has 3 nitrogen and oxygen atoms in total. The summed E-state index contributed by atoms with van der Waals surface area (Å²) in [6.45, 7) is 7.37. The molecule has 0 heterocycles. The second kappa shape index (κ2) is 5.48. The largest absolute Gasteiger partial charge is 0.349 e. The van der Waals surface area contributed by atoms with Gasteiger partial charge in [-0.25, -0.2) is 4.39 Å². The Hall–Kier alpha value is -1.42. The summed E-state index contributed by atoms with van der Waals surface area (Å²) in [4.78, 5) is 11.9. The smallest absolute Gasteiger partial charge is 0.227 e. The predicted molar refractivity (Wildman–Crippen MR) is 70.5 cm³/mol. The van der Waals surface area contributed by atoms with Crippen molar-refractivity contribution in [2.45, 2.75) is 33.7 Å². The number of hydrogen-bond donors (Lipinski definition) is 2. The predicted octanol–water partition coefficient (Wildman–Crippen LogP) is 2.30. The van der Waals surface area contributed by atoms with E-state index in [9.17, 15) is 9.18 Å². The van der Waals surface area contributed by atoms with Gasteiger partial charge in [0.25, 0.3) is 0 Å². The summed E-state index contributed by atoms with van der Waals surface area (Å²) < 4.78 is 13.4. The van der Waals surface area contributed by atoms with Crippen LogP contribution in [0, 0.1) is 18.2 Å². The van der Waals surface area contributed by atoms with Crippen molar-refractivity contribution in [3.8, 4) is 0 Å². The van der Waals surface area contributed by atoms with Crippen LogP contribution >= 0.6 is 0 Å². The molecule has 1 amide bonds. The molecule has 3 N–H and O–H groups in total. The molecule has 1 rings (SSSR count). The van der Waals surface area contributed by atoms with Gasteiger partial charge in [-0.2, -0.15) is 0 Å². The zero-order chi connectivity index (χ0) is 13.9. The lowest BCUT2D eigenvalue weighted by Crippen LogP contribution is -2.42. The highest BCUT2D eigenvalue weighted by molar-refractivity contribution is 5.82. The number of benzene rings is 1. The van der Waals surface area contributed by atoms with E-state index in [2.05, 4.69) is 5.32 Å². The zero-order valence-electron chi connectivity index (χ0n) is 11.4. The number of aryl methyl sites for hydroxylation is 1. The maximum atomic E-state index is 13.4. The lowest BCUT2D eigenvalue weighted by Gasteiger charge is -2.24. The molecule has 1 aromatic carbocycles. The standard InChI is InChI=1S/C14H21FN2O/c1-9-5-6-11(7-12(9)15)10(2)17-13(18)14(3,4)8-16/h5-7,10H,8,16H2,1-4H3,(H,17,18). The third-order valence-electron chi connectivity index (χ3n) is 3.17. The number of nitrogens with one attached hydrogen (secondary N) is 1. The van der Waals surface area contributed by atoms with E-state index in [0.29, 0.717) is 5.56 Å². The van der Waals surface area contributed by atoms with Crippen molar-refractivity contribution in [3.63, 3.8) is 0 Å². The summed E-state index contributed by atoms with van der Waals surface area (Å²) >= 11 is 0. The molecule has 0 aromatic heterocycles. The van der Waals surface area contributed by atoms with E-state index < -0.39 is 5.41 Å². The highest BCUT2D eigenvalue weighted by atomic mass is 19.1. The fourth-order valence-electron chi connectivity index (χ4n) is 1.45. The fourth-order valence-corrected chi connectivity index (χ4v) is 1.45. The van der Waals surface area contributed by atoms with Crippen molar-refractivity contribution in [1.29, 1.82) is 0 Å². The summed E-state index contributed by atoms with van der Waals surface area (Å²) in [5, 5.41) is 2.85. The minimum Gasteiger partial charge on any atom is -0.349 e. The van der Waals surface area contributed by atoms with Gasteiger partial charge in [-0.15, -0.1) is 0 Å². The van der Waals surface area contributed by atoms with Gasteiger partial charge in [0.05, 0.1) is 11.5 Å². The van der Waals surface area contributed by atoms with Gasteiger partial charge in [0.1, 0.15) is 5.82 Å². The van der Waals surface area contributed by atoms with Gasteiger partial charge in [0.15, 0.2) is 0 Å². The first kappa shape index (κ1) is 14.6. The lowest BCUT2D eigenvalue weighted by atomic mass is 9.92. The normalized spacial score (nSPS) is 13.2. The van der Waals surface area contributed by atoms with Crippen molar-refractivity contribution in [1.82, 2.24) is 5.32 Å². The number of nitrogens with two attached hydrogens (primary N) is 1. The molecule has 1 unspecified atom stereocenters. The Morgan fingerprint density at radius 3 is 2.61 bits per heavy atom. The molecule has 100 valence electrons. The summed E-state index contributed by atoms with van der Waals surface area (Å²) in [7, 11) is 0. The zero-order valence-corrected chi connectivity index (χ0v) is 11.4. The van der Waals surface area contributed by atoms with E-state index in [0.717, 1.165) is 5.56 Å². The van der Waals surface area contributed by atoms with Crippen molar-refractivity contribution >= 4 is 5.91 Å². The van der Waals surface area contributed by atoms with Crippen molar-refractivity contribution < 1.29 is 9.18 Å². The van der Waals surface area contributed by atoms with Crippen LogP contribution in [0.5, 0.6) is 0 Å². The van der Waals surface area contributed by atoms with Crippen LogP contribution in [-0.4, -0.2) is 12.5 Å². The molecule has 0 radical (unpaired) electrons. The van der Waals surface area contributed by atoms with E-state index in [-0.39, 0.29) is 24.3 Å². The number of amides is 1. The van der Waals surface area contributed by atoms with E-state index in [1.165, 1.54) is 6.07 Å². The SMILES string of the molecule is Cc1ccc(C(C)NC(=O)C(C)(C)CN)cc1F. The Labute approximate surface area is 108 Å². The van der Waals surface area contributed by atoms with Crippen LogP contribution in [0.25, 0.3) is 0 Å². The fraction of sp³-hybridized carbons (Fsp3) is 0.500. The molecule has 0 aliphatic carbocycles. The molecule has 18 heavy (non-hydrogen) atoms. The Balaban J connectivity index is 2.79. The Bertz CT molecular complexity index is 443. The number of hydrogen-bond acceptors (Lipinski definition) is 2. The average Bonchev–Trinajstić information content (AvgIpc) is 2.32. The summed E-state index contributed by atoms with van der Waals surface area (Å²) in [6, 6.07) is 4.74. The topological polar surface area (TPSA) is 55.1 Å². The second-order valence-corrected chi connectivity index (χ2v) is 5.29. The van der Waals surface area contributed by atoms with E-state index in [1.54, 1.807) is 26.8 Å². The highest BCUT2D eigenvalue weighted by Gasteiger charge is 2.27. The first-order valence-corrected chi connectivity index (χ1v) is 6.05. The third kappa shape index (κ3) is 3.29. The summed E-state index contributed by atoms with van der Waals surface area (Å²) in [6.07, 6.45) is 0. The molecular weight excluding hydrogens is 231 g/mol. The maximum Gasteiger partial charge on any atom is 0.227 e. The quantitative estimate of drug-likeness (QED) is 0.864. The second-order valence-electron chi connectivity index (χ2n) is 5.29. The number of carbonyl (C=O) groups is 1.